The smallest absolute Gasteiger partial charge is 0.221 e. The van der Waals surface area contributed by atoms with Gasteiger partial charge >= 0.3 is 0 Å². The molecule has 180 valence electrons. The predicted octanol–water partition coefficient (Wildman–Crippen LogP) is 6.79. The average Bonchev–Trinajstić information content (AvgIpc) is 2.74. The van der Waals surface area contributed by atoms with Gasteiger partial charge in [-0.15, -0.1) is 0 Å². The summed E-state index contributed by atoms with van der Waals surface area (Å²) in [5, 5.41) is 10.3. The molecule has 2 aromatic carbocycles. The van der Waals surface area contributed by atoms with E-state index in [0.29, 0.717) is 6.61 Å². The highest BCUT2D eigenvalue weighted by atomic mass is 16.5. The van der Waals surface area contributed by atoms with Crippen molar-refractivity contribution in [2.24, 2.45) is 11.8 Å². The van der Waals surface area contributed by atoms with Crippen LogP contribution in [0.25, 0.3) is 0 Å². The van der Waals surface area contributed by atoms with Gasteiger partial charge < -0.3 is 10.1 Å². The molecule has 2 atom stereocenters. The third-order valence-electron chi connectivity index (χ3n) is 9.13. The van der Waals surface area contributed by atoms with E-state index in [9.17, 15) is 4.79 Å². The quantitative estimate of drug-likeness (QED) is 0.370. The lowest BCUT2D eigenvalue weighted by molar-refractivity contribution is -0.114. The number of hydrogen-bond donors (Lipinski definition) is 2. The van der Waals surface area contributed by atoms with E-state index in [0.717, 1.165) is 23.9 Å². The molecule has 4 aliphatic carbocycles. The minimum atomic E-state index is -0.00656. The Morgan fingerprint density at radius 1 is 0.941 bits per heavy atom. The molecule has 0 radical (unpaired) electrons. The molecule has 0 spiro atoms. The van der Waals surface area contributed by atoms with Gasteiger partial charge in [0.05, 0.1) is 0 Å². The van der Waals surface area contributed by atoms with Crippen molar-refractivity contribution in [1.82, 2.24) is 0 Å². The van der Waals surface area contributed by atoms with Crippen LogP contribution in [0.5, 0.6) is 0 Å². The van der Waals surface area contributed by atoms with Gasteiger partial charge in [-0.25, -0.2) is 0 Å². The molecule has 6 rings (SSSR count). The Balaban J connectivity index is 1.55. The van der Waals surface area contributed by atoms with Crippen molar-refractivity contribution in [3.63, 3.8) is 0 Å². The average molecular weight is 459 g/mol. The minimum Gasteiger partial charge on any atom is -0.479 e. The number of aryl methyl sites for hydroxylation is 4. The van der Waals surface area contributed by atoms with Gasteiger partial charge in [0.15, 0.2) is 6.40 Å². The van der Waals surface area contributed by atoms with Gasteiger partial charge in [0.25, 0.3) is 0 Å². The number of anilines is 1. The zero-order valence-corrected chi connectivity index (χ0v) is 21.3. The molecule has 1 amide bonds. The van der Waals surface area contributed by atoms with Crippen LogP contribution in [0.2, 0.25) is 0 Å². The first-order valence-electron chi connectivity index (χ1n) is 12.8. The van der Waals surface area contributed by atoms with Crippen molar-refractivity contribution in [3.05, 3.63) is 63.2 Å². The first-order chi connectivity index (χ1) is 16.1. The van der Waals surface area contributed by atoms with Crippen molar-refractivity contribution in [2.75, 3.05) is 5.32 Å². The Bertz CT molecular complexity index is 1100. The summed E-state index contributed by atoms with van der Waals surface area (Å²) in [6.45, 7) is 10.7. The monoisotopic (exact) mass is 458 g/mol. The van der Waals surface area contributed by atoms with Crippen LogP contribution in [0.4, 0.5) is 5.69 Å². The summed E-state index contributed by atoms with van der Waals surface area (Å²) >= 11 is 0. The summed E-state index contributed by atoms with van der Waals surface area (Å²) in [4.78, 5) is 11.7. The minimum absolute atomic E-state index is 0.00656. The zero-order valence-electron chi connectivity index (χ0n) is 21.3. The Kier molecular flexibility index (Phi) is 5.61. The highest BCUT2D eigenvalue weighted by molar-refractivity contribution is 5.90. The molecular weight excluding hydrogens is 420 g/mol. The maximum absolute atomic E-state index is 11.7. The van der Waals surface area contributed by atoms with Crippen molar-refractivity contribution in [2.45, 2.75) is 90.6 Å². The molecule has 4 aliphatic rings. The van der Waals surface area contributed by atoms with Crippen molar-refractivity contribution in [1.29, 1.82) is 5.41 Å². The van der Waals surface area contributed by atoms with Crippen LogP contribution in [-0.2, 0) is 27.0 Å². The van der Waals surface area contributed by atoms with E-state index in [1.807, 2.05) is 0 Å². The molecule has 4 fully saturated rings. The molecule has 0 saturated heterocycles. The largest absolute Gasteiger partial charge is 0.479 e. The maximum atomic E-state index is 11.7. The number of benzene rings is 2. The van der Waals surface area contributed by atoms with E-state index in [4.69, 9.17) is 10.1 Å². The van der Waals surface area contributed by atoms with E-state index in [2.05, 4.69) is 57.3 Å². The number of nitrogens with one attached hydrogen (secondary N) is 2. The summed E-state index contributed by atoms with van der Waals surface area (Å²) < 4.78 is 5.32. The summed E-state index contributed by atoms with van der Waals surface area (Å²) in [6.07, 6.45) is 8.86. The predicted molar refractivity (Wildman–Crippen MR) is 138 cm³/mol. The second-order valence-corrected chi connectivity index (χ2v) is 11.7. The van der Waals surface area contributed by atoms with Crippen molar-refractivity contribution in [3.8, 4) is 0 Å². The summed E-state index contributed by atoms with van der Waals surface area (Å²) in [6, 6.07) is 9.58. The third-order valence-corrected chi connectivity index (χ3v) is 9.13. The van der Waals surface area contributed by atoms with Crippen molar-refractivity contribution >= 4 is 18.0 Å². The maximum Gasteiger partial charge on any atom is 0.221 e. The Labute approximate surface area is 204 Å². The van der Waals surface area contributed by atoms with Gasteiger partial charge in [-0.3, -0.25) is 10.2 Å². The fourth-order valence-electron chi connectivity index (χ4n) is 8.23. The second kappa shape index (κ2) is 8.25. The lowest BCUT2D eigenvalue weighted by Crippen LogP contribution is -2.56. The van der Waals surface area contributed by atoms with Gasteiger partial charge in [-0.1, -0.05) is 24.3 Å². The molecule has 0 aliphatic heterocycles. The van der Waals surface area contributed by atoms with Crippen LogP contribution in [0.1, 0.15) is 84.4 Å². The van der Waals surface area contributed by atoms with E-state index in [1.165, 1.54) is 77.5 Å². The molecule has 0 aromatic heterocycles. The molecule has 2 unspecified atom stereocenters. The van der Waals surface area contributed by atoms with Gasteiger partial charge in [-0.2, -0.15) is 0 Å². The Morgan fingerprint density at radius 2 is 1.41 bits per heavy atom. The molecule has 2 N–H and O–H groups in total. The molecular formula is C30H38N2O2. The van der Waals surface area contributed by atoms with Crippen LogP contribution >= 0.6 is 0 Å². The first-order valence-corrected chi connectivity index (χ1v) is 12.8. The Hall–Kier alpha value is -2.62. The molecule has 4 bridgehead atoms. The molecule has 4 nitrogen and oxygen atoms in total. The standard InChI is InChI=1S/C30H38N2O2/c1-18-6-25(7-19(2)27(18)15-34-17-31)29-11-23-10-24(12-29)14-30(13-23,16-29)26-8-20(3)28(21(4)9-26)32-22(5)33/h6-9,17,23-24,31H,10-16H2,1-5H3,(H,32,33). The summed E-state index contributed by atoms with van der Waals surface area (Å²) in [7, 11) is 0. The van der Waals surface area contributed by atoms with Crippen LogP contribution < -0.4 is 5.32 Å². The fourth-order valence-corrected chi connectivity index (χ4v) is 8.23. The van der Waals surface area contributed by atoms with Gasteiger partial charge in [0, 0.05) is 12.6 Å². The third kappa shape index (κ3) is 3.76. The summed E-state index contributed by atoms with van der Waals surface area (Å²) in [5.74, 6) is 1.57. The van der Waals surface area contributed by atoms with E-state index < -0.39 is 0 Å². The molecule has 4 saturated carbocycles. The van der Waals surface area contributed by atoms with Crippen LogP contribution in [0, 0.1) is 44.9 Å². The lowest BCUT2D eigenvalue weighted by Gasteiger charge is -2.63. The number of amides is 1. The molecule has 2 aromatic rings. The van der Waals surface area contributed by atoms with Gasteiger partial charge in [0.1, 0.15) is 6.61 Å². The SMILES string of the molecule is CC(=O)Nc1c(C)cc(C23CC4CC(CC(c5cc(C)c(COC=N)c(C)c5)(C4)C2)C3)cc1C. The Morgan fingerprint density at radius 3 is 1.85 bits per heavy atom. The van der Waals surface area contributed by atoms with Crippen molar-refractivity contribution < 1.29 is 9.53 Å². The fraction of sp³-hybridized carbons (Fsp3) is 0.533. The number of ether oxygens (including phenoxy) is 1. The van der Waals surface area contributed by atoms with E-state index in [-0.39, 0.29) is 16.7 Å². The second-order valence-electron chi connectivity index (χ2n) is 11.7. The topological polar surface area (TPSA) is 62.2 Å². The van der Waals surface area contributed by atoms with Gasteiger partial charge in [-0.05, 0) is 128 Å². The number of carbonyl (C=O) groups excluding carboxylic acids is 1. The molecule has 4 heteroatoms. The zero-order chi connectivity index (χ0) is 24.3. The number of carbonyl (C=O) groups is 1. The van der Waals surface area contributed by atoms with Gasteiger partial charge in [0.2, 0.25) is 5.91 Å². The molecule has 34 heavy (non-hydrogen) atoms. The van der Waals surface area contributed by atoms with Crippen LogP contribution in [0.15, 0.2) is 24.3 Å². The lowest BCUT2D eigenvalue weighted by atomic mass is 9.41. The number of rotatable bonds is 6. The normalized spacial score (nSPS) is 29.2. The summed E-state index contributed by atoms with van der Waals surface area (Å²) in [5.41, 5.74) is 10.6. The number of hydrogen-bond acceptors (Lipinski definition) is 3. The highest BCUT2D eigenvalue weighted by Crippen LogP contribution is 2.66. The molecule has 0 heterocycles. The van der Waals surface area contributed by atoms with Crippen LogP contribution in [0.3, 0.4) is 0 Å². The highest BCUT2D eigenvalue weighted by Gasteiger charge is 2.58. The van der Waals surface area contributed by atoms with E-state index in [1.54, 1.807) is 6.92 Å². The van der Waals surface area contributed by atoms with E-state index >= 15 is 0 Å². The first kappa shape index (κ1) is 23.1. The van der Waals surface area contributed by atoms with Crippen LogP contribution in [-0.4, -0.2) is 12.3 Å².